The molecule has 0 spiro atoms. The number of hydrogen-bond donors (Lipinski definition) is 2. The molecule has 1 aliphatic rings. The van der Waals surface area contributed by atoms with Crippen molar-refractivity contribution in [2.75, 3.05) is 36.9 Å². The molecule has 1 heterocycles. The van der Waals surface area contributed by atoms with Crippen LogP contribution in [0.1, 0.15) is 19.8 Å². The molecular formula is C15H24N2O6S2. The molecule has 2 rings (SSSR count). The van der Waals surface area contributed by atoms with Gasteiger partial charge in [0.25, 0.3) is 0 Å². The Hall–Kier alpha value is -1.20. The Kier molecular flexibility index (Phi) is 6.10. The normalized spacial score (nSPS) is 20.2. The maximum Gasteiger partial charge on any atom is 0.240 e. The zero-order valence-electron chi connectivity index (χ0n) is 14.3. The average Bonchev–Trinajstić information content (AvgIpc) is 2.53. The molecule has 10 heteroatoms. The third kappa shape index (κ3) is 5.14. The number of ether oxygens (including phenoxy) is 1. The lowest BCUT2D eigenvalue weighted by atomic mass is 10.1. The molecule has 1 aromatic rings. The fraction of sp³-hybridized carbons (Fsp3) is 0.600. The van der Waals surface area contributed by atoms with E-state index < -0.39 is 25.6 Å². The zero-order chi connectivity index (χ0) is 18.7. The van der Waals surface area contributed by atoms with Crippen LogP contribution in [-0.4, -0.2) is 60.1 Å². The van der Waals surface area contributed by atoms with Crippen LogP contribution in [0.5, 0.6) is 0 Å². The predicted molar refractivity (Wildman–Crippen MR) is 94.5 cm³/mol. The predicted octanol–water partition coefficient (Wildman–Crippen LogP) is 0.292. The smallest absolute Gasteiger partial charge is 0.240 e. The summed E-state index contributed by atoms with van der Waals surface area (Å²) in [7, 11) is -5.75. The Morgan fingerprint density at radius 2 is 1.92 bits per heavy atom. The van der Waals surface area contributed by atoms with E-state index in [0.717, 1.165) is 6.42 Å². The van der Waals surface area contributed by atoms with E-state index in [1.54, 1.807) is 0 Å². The first-order valence-corrected chi connectivity index (χ1v) is 11.0. The van der Waals surface area contributed by atoms with E-state index in [1.165, 1.54) is 42.6 Å². The van der Waals surface area contributed by atoms with Crippen molar-refractivity contribution in [1.82, 2.24) is 4.72 Å². The summed E-state index contributed by atoms with van der Waals surface area (Å²) in [6, 6.07) is 5.66. The molecule has 1 atom stereocenters. The van der Waals surface area contributed by atoms with Gasteiger partial charge in [-0.15, -0.1) is 0 Å². The summed E-state index contributed by atoms with van der Waals surface area (Å²) in [5.74, 6) is 0.100. The van der Waals surface area contributed by atoms with Crippen molar-refractivity contribution in [2.45, 2.75) is 30.3 Å². The van der Waals surface area contributed by atoms with Crippen molar-refractivity contribution in [3.05, 3.63) is 24.3 Å². The topological polar surface area (TPSA) is 113 Å². The average molecular weight is 392 g/mol. The monoisotopic (exact) mass is 392 g/mol. The van der Waals surface area contributed by atoms with E-state index >= 15 is 0 Å². The minimum atomic E-state index is -3.82. The number of methoxy groups -OCH3 is 1. The van der Waals surface area contributed by atoms with E-state index in [1.807, 2.05) is 0 Å². The Morgan fingerprint density at radius 1 is 1.28 bits per heavy atom. The molecule has 1 saturated heterocycles. The summed E-state index contributed by atoms with van der Waals surface area (Å²) in [4.78, 5) is -0.00104. The van der Waals surface area contributed by atoms with Crippen molar-refractivity contribution >= 4 is 25.7 Å². The van der Waals surface area contributed by atoms with E-state index in [9.17, 15) is 21.9 Å². The molecule has 142 valence electrons. The highest BCUT2D eigenvalue weighted by Crippen LogP contribution is 2.24. The van der Waals surface area contributed by atoms with Crippen LogP contribution in [0.4, 0.5) is 5.69 Å². The minimum absolute atomic E-state index is 0.00104. The van der Waals surface area contributed by atoms with Crippen LogP contribution < -0.4 is 9.03 Å². The second kappa shape index (κ2) is 7.58. The second-order valence-corrected chi connectivity index (χ2v) is 10.1. The number of anilines is 1. The second-order valence-electron chi connectivity index (χ2n) is 6.34. The van der Waals surface area contributed by atoms with Gasteiger partial charge in [-0.25, -0.2) is 21.6 Å². The first kappa shape index (κ1) is 20.1. The largest absolute Gasteiger partial charge is 0.386 e. The van der Waals surface area contributed by atoms with Gasteiger partial charge in [0.1, 0.15) is 0 Å². The molecule has 8 nitrogen and oxygen atoms in total. The van der Waals surface area contributed by atoms with Crippen LogP contribution in [0, 0.1) is 0 Å². The summed E-state index contributed by atoms with van der Waals surface area (Å²) in [6.07, 6.45) is 1.41. The van der Waals surface area contributed by atoms with Gasteiger partial charge < -0.3 is 9.84 Å². The molecule has 1 fully saturated rings. The minimum Gasteiger partial charge on any atom is -0.386 e. The number of aliphatic hydroxyl groups is 1. The quantitative estimate of drug-likeness (QED) is 0.690. The van der Waals surface area contributed by atoms with Crippen LogP contribution in [0.2, 0.25) is 0 Å². The first-order chi connectivity index (χ1) is 11.6. The number of nitrogens with one attached hydrogen (secondary N) is 1. The highest BCUT2D eigenvalue weighted by Gasteiger charge is 2.27. The van der Waals surface area contributed by atoms with Gasteiger partial charge in [-0.1, -0.05) is 0 Å². The van der Waals surface area contributed by atoms with Crippen molar-refractivity contribution < 1.29 is 26.7 Å². The van der Waals surface area contributed by atoms with Gasteiger partial charge in [0, 0.05) is 20.2 Å². The molecule has 2 N–H and O–H groups in total. The highest BCUT2D eigenvalue weighted by atomic mass is 32.2. The maximum atomic E-state index is 12.3. The number of hydrogen-bond acceptors (Lipinski definition) is 6. The molecule has 0 amide bonds. The Morgan fingerprint density at radius 3 is 2.48 bits per heavy atom. The van der Waals surface area contributed by atoms with Crippen molar-refractivity contribution in [3.63, 3.8) is 0 Å². The first-order valence-electron chi connectivity index (χ1n) is 7.89. The van der Waals surface area contributed by atoms with Gasteiger partial charge in [0.2, 0.25) is 20.0 Å². The van der Waals surface area contributed by atoms with Crippen molar-refractivity contribution in [2.24, 2.45) is 0 Å². The fourth-order valence-electron chi connectivity index (χ4n) is 2.57. The molecule has 0 saturated carbocycles. The molecule has 25 heavy (non-hydrogen) atoms. The summed E-state index contributed by atoms with van der Waals surface area (Å²) >= 11 is 0. The molecule has 0 aliphatic carbocycles. The van der Waals surface area contributed by atoms with Crippen LogP contribution in [-0.2, 0) is 24.8 Å². The lowest BCUT2D eigenvalue weighted by Crippen LogP contribution is -2.43. The van der Waals surface area contributed by atoms with Gasteiger partial charge >= 0.3 is 0 Å². The number of benzene rings is 1. The summed E-state index contributed by atoms with van der Waals surface area (Å²) < 4.78 is 57.3. The standard InChI is InChI=1S/C15H24N2O6S2/c1-15(18,12-23-2)11-16-25(21,22)14-7-5-13(6-8-14)17-9-3-4-10-24(17,19)20/h5-8,16,18H,3-4,9-12H2,1-2H3. The van der Waals surface area contributed by atoms with Gasteiger partial charge in [-0.05, 0) is 44.0 Å². The maximum absolute atomic E-state index is 12.3. The molecule has 1 unspecified atom stereocenters. The Balaban J connectivity index is 2.13. The third-order valence-electron chi connectivity index (χ3n) is 3.88. The third-order valence-corrected chi connectivity index (χ3v) is 7.17. The van der Waals surface area contributed by atoms with E-state index in [-0.39, 0.29) is 23.8 Å². The number of rotatable bonds is 7. The molecular weight excluding hydrogens is 368 g/mol. The SMILES string of the molecule is COCC(C)(O)CNS(=O)(=O)c1ccc(N2CCCCS2(=O)=O)cc1. The molecule has 1 aliphatic heterocycles. The van der Waals surface area contributed by atoms with E-state index in [0.29, 0.717) is 18.7 Å². The lowest BCUT2D eigenvalue weighted by Gasteiger charge is -2.28. The molecule has 0 aromatic heterocycles. The van der Waals surface area contributed by atoms with Crippen LogP contribution in [0.25, 0.3) is 0 Å². The van der Waals surface area contributed by atoms with E-state index in [2.05, 4.69) is 4.72 Å². The van der Waals surface area contributed by atoms with Gasteiger partial charge in [-0.3, -0.25) is 4.31 Å². The van der Waals surface area contributed by atoms with E-state index in [4.69, 9.17) is 4.74 Å². The van der Waals surface area contributed by atoms with Gasteiger partial charge in [0.15, 0.2) is 0 Å². The molecule has 0 radical (unpaired) electrons. The van der Waals surface area contributed by atoms with Crippen LogP contribution >= 0.6 is 0 Å². The zero-order valence-corrected chi connectivity index (χ0v) is 15.9. The Bertz CT molecular complexity index is 788. The van der Waals surface area contributed by atoms with Crippen LogP contribution in [0.15, 0.2) is 29.2 Å². The molecule has 0 bridgehead atoms. The van der Waals surface area contributed by atoms with Crippen LogP contribution in [0.3, 0.4) is 0 Å². The molecule has 1 aromatic carbocycles. The fourth-order valence-corrected chi connectivity index (χ4v) is 5.37. The van der Waals surface area contributed by atoms with Gasteiger partial charge in [0.05, 0.1) is 28.5 Å². The summed E-state index contributed by atoms with van der Waals surface area (Å²) in [5.41, 5.74) is -0.881. The summed E-state index contributed by atoms with van der Waals surface area (Å²) in [5, 5.41) is 9.97. The van der Waals surface area contributed by atoms with Crippen molar-refractivity contribution in [3.8, 4) is 0 Å². The lowest BCUT2D eigenvalue weighted by molar-refractivity contribution is -0.0119. The Labute approximate surface area is 148 Å². The van der Waals surface area contributed by atoms with Crippen molar-refractivity contribution in [1.29, 1.82) is 0 Å². The number of sulfonamides is 2. The van der Waals surface area contributed by atoms with Gasteiger partial charge in [-0.2, -0.15) is 0 Å². The highest BCUT2D eigenvalue weighted by molar-refractivity contribution is 7.92. The number of nitrogens with zero attached hydrogens (tertiary/aromatic N) is 1. The summed E-state index contributed by atoms with van der Waals surface area (Å²) in [6.45, 7) is 1.64.